The van der Waals surface area contributed by atoms with Crippen molar-refractivity contribution in [1.29, 1.82) is 0 Å². The highest BCUT2D eigenvalue weighted by Gasteiger charge is 2.18. The highest BCUT2D eigenvalue weighted by atomic mass is 35.5. The lowest BCUT2D eigenvalue weighted by Gasteiger charge is -2.22. The minimum absolute atomic E-state index is 0.724. The van der Waals surface area contributed by atoms with Crippen LogP contribution in [0.5, 0.6) is 0 Å². The summed E-state index contributed by atoms with van der Waals surface area (Å²) in [6, 6.07) is 18.3. The van der Waals surface area contributed by atoms with E-state index >= 15 is 0 Å². The molecule has 4 rings (SSSR count). The van der Waals surface area contributed by atoms with E-state index in [0.29, 0.717) is 0 Å². The fourth-order valence-corrected chi connectivity index (χ4v) is 3.34. The molecule has 2 heterocycles. The lowest BCUT2D eigenvalue weighted by Crippen LogP contribution is -3.11. The molecule has 1 atom stereocenters. The maximum absolute atomic E-state index is 5.93. The number of hydrogen-bond acceptors (Lipinski definition) is 2. The van der Waals surface area contributed by atoms with Crippen molar-refractivity contribution in [3.05, 3.63) is 83.3 Å². The molecule has 1 unspecified atom stereocenters. The van der Waals surface area contributed by atoms with E-state index in [2.05, 4.69) is 41.4 Å². The molecule has 1 aromatic heterocycles. The van der Waals surface area contributed by atoms with Crippen molar-refractivity contribution >= 4 is 17.2 Å². The van der Waals surface area contributed by atoms with Crippen molar-refractivity contribution in [3.63, 3.8) is 0 Å². The van der Waals surface area contributed by atoms with E-state index in [4.69, 9.17) is 16.0 Å². The zero-order valence-electron chi connectivity index (χ0n) is 13.9. The number of quaternary nitrogens is 1. The number of benzene rings is 2. The van der Waals surface area contributed by atoms with Gasteiger partial charge in [0.05, 0.1) is 19.3 Å². The van der Waals surface area contributed by atoms with Crippen LogP contribution < -0.4 is 4.90 Å². The second-order valence-corrected chi connectivity index (χ2v) is 6.79. The number of rotatable bonds is 4. The molecule has 0 fully saturated rings. The predicted octanol–water partition coefficient (Wildman–Crippen LogP) is 3.87. The Labute approximate surface area is 152 Å². The van der Waals surface area contributed by atoms with Gasteiger partial charge in [0.15, 0.2) is 12.3 Å². The van der Waals surface area contributed by atoms with Crippen molar-refractivity contribution in [2.75, 3.05) is 13.1 Å². The average Bonchev–Trinajstić information content (AvgIpc) is 3.12. The quantitative estimate of drug-likeness (QED) is 0.773. The van der Waals surface area contributed by atoms with Gasteiger partial charge in [0.1, 0.15) is 0 Å². The molecule has 3 aromatic rings. The van der Waals surface area contributed by atoms with Crippen molar-refractivity contribution in [3.8, 4) is 11.3 Å². The van der Waals surface area contributed by atoms with E-state index in [-0.39, 0.29) is 0 Å². The van der Waals surface area contributed by atoms with Crippen LogP contribution in [0.2, 0.25) is 5.02 Å². The Morgan fingerprint density at radius 2 is 1.80 bits per heavy atom. The van der Waals surface area contributed by atoms with Gasteiger partial charge in [0.2, 0.25) is 0 Å². The van der Waals surface area contributed by atoms with Crippen LogP contribution in [0.25, 0.3) is 16.9 Å². The summed E-state index contributed by atoms with van der Waals surface area (Å²) in [5.74, 6) is 1.58. The molecule has 1 aliphatic rings. The van der Waals surface area contributed by atoms with Gasteiger partial charge in [0.25, 0.3) is 5.89 Å². The zero-order chi connectivity index (χ0) is 17.1. The van der Waals surface area contributed by atoms with Gasteiger partial charge < -0.3 is 9.32 Å². The Balaban J connectivity index is 1.41. The van der Waals surface area contributed by atoms with Crippen molar-refractivity contribution in [2.45, 2.75) is 13.0 Å². The Kier molecular flexibility index (Phi) is 4.68. The maximum atomic E-state index is 5.93. The first kappa shape index (κ1) is 16.1. The lowest BCUT2D eigenvalue weighted by molar-refractivity contribution is -0.910. The SMILES string of the molecule is Clc1ccc(-c2cnc(C[NH+]3CC=C(c4ccccc4)CC3)o2)cc1. The third kappa shape index (κ3) is 3.84. The van der Waals surface area contributed by atoms with Gasteiger partial charge in [-0.25, -0.2) is 4.98 Å². The Bertz CT molecular complexity index is 868. The molecule has 4 heteroatoms. The second kappa shape index (κ2) is 7.26. The van der Waals surface area contributed by atoms with Crippen LogP contribution >= 0.6 is 11.6 Å². The number of halogens is 1. The Hall–Kier alpha value is -2.36. The summed E-state index contributed by atoms with van der Waals surface area (Å²) >= 11 is 5.93. The molecule has 0 bridgehead atoms. The van der Waals surface area contributed by atoms with E-state index in [1.54, 1.807) is 6.20 Å². The Morgan fingerprint density at radius 1 is 1.00 bits per heavy atom. The molecule has 2 aromatic carbocycles. The van der Waals surface area contributed by atoms with Crippen LogP contribution in [-0.2, 0) is 6.54 Å². The molecule has 0 saturated carbocycles. The standard InChI is InChI=1S/C21H19ClN2O/c22-19-8-6-18(7-9-19)20-14-23-21(25-20)15-24-12-10-17(11-13-24)16-4-2-1-3-5-16/h1-10,14H,11-13,15H2/p+1. The molecule has 25 heavy (non-hydrogen) atoms. The van der Waals surface area contributed by atoms with Crippen LogP contribution in [0.3, 0.4) is 0 Å². The average molecular weight is 352 g/mol. The number of oxazole rings is 1. The summed E-state index contributed by atoms with van der Waals surface area (Å²) in [5, 5.41) is 0.724. The summed E-state index contributed by atoms with van der Waals surface area (Å²) in [4.78, 5) is 5.92. The molecule has 0 radical (unpaired) electrons. The Morgan fingerprint density at radius 3 is 2.52 bits per heavy atom. The molecule has 3 nitrogen and oxygen atoms in total. The second-order valence-electron chi connectivity index (χ2n) is 6.35. The van der Waals surface area contributed by atoms with E-state index in [9.17, 15) is 0 Å². The number of nitrogens with zero attached hydrogens (tertiary/aromatic N) is 1. The van der Waals surface area contributed by atoms with Crippen LogP contribution in [0.4, 0.5) is 0 Å². The normalized spacial score (nSPS) is 17.3. The fourth-order valence-electron chi connectivity index (χ4n) is 3.21. The van der Waals surface area contributed by atoms with Crippen molar-refractivity contribution in [2.24, 2.45) is 0 Å². The van der Waals surface area contributed by atoms with Gasteiger partial charge in [0, 0.05) is 17.0 Å². The van der Waals surface area contributed by atoms with Gasteiger partial charge in [-0.15, -0.1) is 0 Å². The molecular formula is C21H20ClN2O+. The summed E-state index contributed by atoms with van der Waals surface area (Å²) in [6.45, 7) is 2.91. The topological polar surface area (TPSA) is 30.5 Å². The third-order valence-corrected chi connectivity index (χ3v) is 4.87. The van der Waals surface area contributed by atoms with Gasteiger partial charge in [-0.05, 0) is 41.5 Å². The van der Waals surface area contributed by atoms with Crippen molar-refractivity contribution in [1.82, 2.24) is 4.98 Å². The predicted molar refractivity (Wildman–Crippen MR) is 100 cm³/mol. The van der Waals surface area contributed by atoms with E-state index in [1.165, 1.54) is 16.0 Å². The van der Waals surface area contributed by atoms with Crippen LogP contribution in [0, 0.1) is 0 Å². The molecule has 0 amide bonds. The molecule has 126 valence electrons. The van der Waals surface area contributed by atoms with E-state index < -0.39 is 0 Å². The van der Waals surface area contributed by atoms with Crippen LogP contribution in [0.1, 0.15) is 17.9 Å². The highest BCUT2D eigenvalue weighted by molar-refractivity contribution is 6.30. The first-order chi connectivity index (χ1) is 12.3. The molecule has 1 aliphatic heterocycles. The summed E-state index contributed by atoms with van der Waals surface area (Å²) in [6.07, 6.45) is 5.23. The van der Waals surface area contributed by atoms with E-state index in [1.807, 2.05) is 24.3 Å². The molecule has 1 N–H and O–H groups in total. The van der Waals surface area contributed by atoms with Crippen molar-refractivity contribution < 1.29 is 9.32 Å². The zero-order valence-corrected chi connectivity index (χ0v) is 14.7. The van der Waals surface area contributed by atoms with Gasteiger partial charge in [-0.1, -0.05) is 41.9 Å². The third-order valence-electron chi connectivity index (χ3n) is 4.61. The lowest BCUT2D eigenvalue weighted by atomic mass is 10.00. The van der Waals surface area contributed by atoms with Gasteiger partial charge in [-0.2, -0.15) is 0 Å². The fraction of sp³-hybridized carbons (Fsp3) is 0.190. The minimum atomic E-state index is 0.724. The summed E-state index contributed by atoms with van der Waals surface area (Å²) in [7, 11) is 0. The monoisotopic (exact) mass is 351 g/mol. The first-order valence-corrected chi connectivity index (χ1v) is 8.94. The van der Waals surface area contributed by atoms with Crippen LogP contribution in [-0.4, -0.2) is 18.1 Å². The first-order valence-electron chi connectivity index (χ1n) is 8.56. The van der Waals surface area contributed by atoms with Crippen LogP contribution in [0.15, 0.2) is 71.3 Å². The summed E-state index contributed by atoms with van der Waals surface area (Å²) in [5.41, 5.74) is 3.78. The number of nitrogens with one attached hydrogen (secondary N) is 1. The number of aromatic nitrogens is 1. The summed E-state index contributed by atoms with van der Waals surface area (Å²) < 4.78 is 5.93. The van der Waals surface area contributed by atoms with E-state index in [0.717, 1.165) is 48.3 Å². The number of hydrogen-bond donors (Lipinski definition) is 1. The molecular weight excluding hydrogens is 332 g/mol. The molecule has 0 spiro atoms. The molecule has 0 saturated heterocycles. The highest BCUT2D eigenvalue weighted by Crippen LogP contribution is 2.22. The smallest absolute Gasteiger partial charge is 0.250 e. The molecule has 0 aliphatic carbocycles. The maximum Gasteiger partial charge on any atom is 0.250 e. The van der Waals surface area contributed by atoms with Gasteiger partial charge >= 0.3 is 0 Å². The largest absolute Gasteiger partial charge is 0.435 e. The van der Waals surface area contributed by atoms with Gasteiger partial charge in [-0.3, -0.25) is 0 Å². The minimum Gasteiger partial charge on any atom is -0.435 e.